The highest BCUT2D eigenvalue weighted by atomic mass is 35.5. The third-order valence-electron chi connectivity index (χ3n) is 15.9. The average Bonchev–Trinajstić information content (AvgIpc) is 4.12. The van der Waals surface area contributed by atoms with Crippen molar-refractivity contribution in [2.24, 2.45) is 10.8 Å². The second kappa shape index (κ2) is 27.4. The van der Waals surface area contributed by atoms with E-state index in [1.165, 1.54) is 15.9 Å². The van der Waals surface area contributed by atoms with Gasteiger partial charge in [-0.2, -0.15) is 0 Å². The minimum atomic E-state index is -1.09. The molecule has 8 amide bonds. The van der Waals surface area contributed by atoms with Crippen LogP contribution in [-0.4, -0.2) is 138 Å². The minimum Gasteiger partial charge on any atom is -0.347 e. The lowest BCUT2D eigenvalue weighted by atomic mass is 9.85. The number of nitrogens with one attached hydrogen (secondary N) is 8. The van der Waals surface area contributed by atoms with Crippen LogP contribution in [0.25, 0.3) is 0 Å². The van der Waals surface area contributed by atoms with Gasteiger partial charge in [-0.1, -0.05) is 90.1 Å². The normalized spacial score (nSPS) is 21.9. The Balaban J connectivity index is 0.00000602. The Bertz CT molecular complexity index is 2660. The van der Waals surface area contributed by atoms with Crippen LogP contribution in [0.5, 0.6) is 0 Å². The number of carbonyl (C=O) groups excluding carboxylic acids is 8. The van der Waals surface area contributed by atoms with Crippen LogP contribution < -0.4 is 42.5 Å². The van der Waals surface area contributed by atoms with E-state index >= 15 is 0 Å². The molecule has 0 bridgehead atoms. The van der Waals surface area contributed by atoms with Gasteiger partial charge < -0.3 is 52.3 Å². The van der Waals surface area contributed by atoms with Gasteiger partial charge >= 0.3 is 0 Å². The Labute approximate surface area is 486 Å². The van der Waals surface area contributed by atoms with Crippen molar-refractivity contribution in [1.82, 2.24) is 52.3 Å². The standard InChI is InChI=1S/C58H79N11O10.2ClH/c1-32(59-9)49(70)65-47(57(3,4)5)55(76)67-30-38(28-45(67)53(74)63-43-23-15-19-34-17-11-13-21-41(34)43)61-51(72)36-25-37(27-40(26-36)69(78)79)52(73)62-39-29-46(54(75)64-44-24-16-20-35-18-12-14-22-42(35)44)68(31-39)56(77)48(58(6,7)8)66-50(71)33(2)60-10;;/h11-14,17-18,21-22,25-27,32-33,38-39,43-48,59-60H,15-16,19-20,23-24,28-31H2,1-10H3,(H,61,72)(H,62,73)(H,63,74)(H,64,75)(H,65,70)(H,66,71);2*1H/t32-,33-,38-,39-,43+,44+,45?,46?,47+,48?;;/m0../s1. The Hall–Kier alpha value is -6.68. The molecule has 2 saturated heterocycles. The largest absolute Gasteiger partial charge is 0.347 e. The second-order valence-corrected chi connectivity index (χ2v) is 23.8. The molecule has 21 nitrogen and oxygen atoms in total. The third kappa shape index (κ3) is 15.5. The number of likely N-dealkylation sites (tertiary alicyclic amines) is 2. The fourth-order valence-corrected chi connectivity index (χ4v) is 11.2. The molecule has 3 unspecified atom stereocenters. The molecule has 442 valence electrons. The number of hydrogen-bond acceptors (Lipinski definition) is 12. The van der Waals surface area contributed by atoms with Gasteiger partial charge in [0.15, 0.2) is 0 Å². The van der Waals surface area contributed by atoms with Crippen molar-refractivity contribution in [3.8, 4) is 0 Å². The second-order valence-electron chi connectivity index (χ2n) is 23.8. The number of nitro groups is 1. The number of benzene rings is 3. The summed E-state index contributed by atoms with van der Waals surface area (Å²) in [6.45, 7) is 13.8. The molecule has 2 fully saturated rings. The van der Waals surface area contributed by atoms with Crippen molar-refractivity contribution in [2.75, 3.05) is 27.2 Å². The maximum Gasteiger partial charge on any atom is 0.271 e. The number of rotatable bonds is 17. The summed E-state index contributed by atoms with van der Waals surface area (Å²) in [6, 6.07) is 11.0. The fourth-order valence-electron chi connectivity index (χ4n) is 11.2. The molecule has 81 heavy (non-hydrogen) atoms. The highest BCUT2D eigenvalue weighted by molar-refractivity contribution is 6.02. The van der Waals surface area contributed by atoms with Gasteiger partial charge in [0, 0.05) is 48.4 Å². The van der Waals surface area contributed by atoms with Crippen molar-refractivity contribution in [3.05, 3.63) is 110 Å². The molecule has 8 N–H and O–H groups in total. The molecule has 0 radical (unpaired) electrons. The Morgan fingerprint density at radius 2 is 0.951 bits per heavy atom. The van der Waals surface area contributed by atoms with Crippen molar-refractivity contribution in [2.45, 2.75) is 167 Å². The number of hydrogen-bond donors (Lipinski definition) is 8. The molecule has 0 spiro atoms. The molecule has 3 aromatic carbocycles. The van der Waals surface area contributed by atoms with Gasteiger partial charge in [-0.25, -0.2) is 0 Å². The molecule has 0 saturated carbocycles. The van der Waals surface area contributed by atoms with Crippen LogP contribution in [0, 0.1) is 20.9 Å². The Morgan fingerprint density at radius 3 is 1.30 bits per heavy atom. The smallest absolute Gasteiger partial charge is 0.271 e. The minimum absolute atomic E-state index is 0. The first kappa shape index (κ1) is 65.1. The topological polar surface area (TPSA) is 282 Å². The van der Waals surface area contributed by atoms with Gasteiger partial charge in [0.1, 0.15) is 24.2 Å². The van der Waals surface area contributed by atoms with Crippen LogP contribution in [0.4, 0.5) is 5.69 Å². The summed E-state index contributed by atoms with van der Waals surface area (Å²) in [6.07, 6.45) is 4.66. The van der Waals surface area contributed by atoms with Gasteiger partial charge in [-0.15, -0.1) is 24.8 Å². The first-order chi connectivity index (χ1) is 37.3. The number of non-ortho nitro benzene ring substituents is 1. The number of nitro benzene ring substituents is 1. The quantitative estimate of drug-likeness (QED) is 0.0686. The van der Waals surface area contributed by atoms with E-state index in [0.29, 0.717) is 12.8 Å². The fraction of sp³-hybridized carbons (Fsp3) is 0.552. The number of likely N-dealkylation sites (N-methyl/N-ethyl adjacent to an activating group) is 2. The van der Waals surface area contributed by atoms with Crippen molar-refractivity contribution in [1.29, 1.82) is 0 Å². The summed E-state index contributed by atoms with van der Waals surface area (Å²) in [4.78, 5) is 128. The summed E-state index contributed by atoms with van der Waals surface area (Å²) in [7, 11) is 3.24. The molecule has 0 aromatic heterocycles. The maximum absolute atomic E-state index is 14.7. The monoisotopic (exact) mass is 1160 g/mol. The highest BCUT2D eigenvalue weighted by Gasteiger charge is 2.48. The van der Waals surface area contributed by atoms with Crippen molar-refractivity contribution >= 4 is 77.8 Å². The van der Waals surface area contributed by atoms with Crippen LogP contribution in [0.3, 0.4) is 0 Å². The summed E-state index contributed by atoms with van der Waals surface area (Å²) in [5, 5.41) is 36.0. The first-order valence-corrected chi connectivity index (χ1v) is 27.5. The number of fused-ring (bicyclic) bond motifs is 2. The van der Waals surface area contributed by atoms with Crippen LogP contribution in [-0.2, 0) is 41.6 Å². The van der Waals surface area contributed by atoms with Crippen LogP contribution in [0.15, 0.2) is 66.7 Å². The maximum atomic E-state index is 14.7. The number of halogens is 2. The molecular weight excluding hydrogens is 1080 g/mol. The summed E-state index contributed by atoms with van der Waals surface area (Å²) in [5.41, 5.74) is 1.48. The van der Waals surface area contributed by atoms with E-state index in [2.05, 4.69) is 42.5 Å². The number of carbonyl (C=O) groups is 8. The first-order valence-electron chi connectivity index (χ1n) is 27.5. The van der Waals surface area contributed by atoms with Gasteiger partial charge in [0.25, 0.3) is 17.5 Å². The molecule has 7 rings (SSSR count). The molecule has 23 heteroatoms. The van der Waals surface area contributed by atoms with E-state index in [1.54, 1.807) is 69.5 Å². The molecule has 2 aliphatic carbocycles. The number of amides is 8. The predicted octanol–water partition coefficient (Wildman–Crippen LogP) is 4.50. The van der Waals surface area contributed by atoms with Gasteiger partial charge in [-0.3, -0.25) is 48.5 Å². The lowest BCUT2D eigenvalue weighted by Crippen LogP contribution is -2.59. The molecule has 4 aliphatic rings. The molecule has 2 aliphatic heterocycles. The van der Waals surface area contributed by atoms with E-state index in [-0.39, 0.29) is 74.0 Å². The summed E-state index contributed by atoms with van der Waals surface area (Å²) >= 11 is 0. The lowest BCUT2D eigenvalue weighted by molar-refractivity contribution is -0.384. The highest BCUT2D eigenvalue weighted by Crippen LogP contribution is 2.34. The molecule has 3 aromatic rings. The van der Waals surface area contributed by atoms with Gasteiger partial charge in [0.05, 0.1) is 29.1 Å². The zero-order valence-electron chi connectivity index (χ0n) is 47.9. The molecular formula is C58H81Cl2N11O10. The zero-order valence-corrected chi connectivity index (χ0v) is 49.6. The Kier molecular flexibility index (Phi) is 22.0. The van der Waals surface area contributed by atoms with Crippen molar-refractivity contribution < 1.29 is 43.3 Å². The summed E-state index contributed by atoms with van der Waals surface area (Å²) in [5.74, 6) is -4.45. The SMILES string of the molecule is CN[C@@H](C)C(=O)NC(C(=O)N1C[C@@H](NC(=O)c2cc(C(=O)N[C@H]3CC(C(=O)N[C@@H]4CCCc5ccccc54)N(C(=O)[C@@H](NC(=O)[C@H](C)NC)C(C)(C)C)C3)cc([N+](=O)[O-])c2)CC1C(=O)N[C@@H]1CCCc2ccccc21)C(C)(C)C.Cl.Cl. The van der Waals surface area contributed by atoms with Crippen LogP contribution in [0.1, 0.15) is 149 Å². The zero-order chi connectivity index (χ0) is 57.7. The Morgan fingerprint density at radius 1 is 0.580 bits per heavy atom. The van der Waals surface area contributed by atoms with E-state index in [0.717, 1.165) is 60.1 Å². The lowest BCUT2D eigenvalue weighted by Gasteiger charge is -2.36. The molecule has 10 atom stereocenters. The van der Waals surface area contributed by atoms with E-state index in [1.807, 2.05) is 48.5 Å². The average molecular weight is 1160 g/mol. The van der Waals surface area contributed by atoms with Crippen LogP contribution >= 0.6 is 24.8 Å². The van der Waals surface area contributed by atoms with E-state index < -0.39 is 117 Å². The summed E-state index contributed by atoms with van der Waals surface area (Å²) < 4.78 is 0. The number of aryl methyl sites for hydroxylation is 2. The third-order valence-corrected chi connectivity index (χ3v) is 15.9. The molecule has 2 heterocycles. The van der Waals surface area contributed by atoms with Crippen LogP contribution in [0.2, 0.25) is 0 Å². The van der Waals surface area contributed by atoms with E-state index in [9.17, 15) is 48.5 Å². The van der Waals surface area contributed by atoms with Crippen molar-refractivity contribution in [3.63, 3.8) is 0 Å². The van der Waals surface area contributed by atoms with E-state index in [4.69, 9.17) is 0 Å². The predicted molar refractivity (Wildman–Crippen MR) is 311 cm³/mol. The van der Waals surface area contributed by atoms with Gasteiger partial charge in [0.2, 0.25) is 35.4 Å². The van der Waals surface area contributed by atoms with Gasteiger partial charge in [-0.05, 0) is 118 Å². The number of nitrogens with zero attached hydrogens (tertiary/aromatic N) is 3.